The predicted molar refractivity (Wildman–Crippen MR) is 132 cm³/mol. The Bertz CT molecular complexity index is 1230. The van der Waals surface area contributed by atoms with Crippen molar-refractivity contribution >= 4 is 23.3 Å². The zero-order chi connectivity index (χ0) is 29.5. The summed E-state index contributed by atoms with van der Waals surface area (Å²) < 4.78 is 92.5. The van der Waals surface area contributed by atoms with Gasteiger partial charge >= 0.3 is 24.3 Å². The Hall–Kier alpha value is -3.44. The molecule has 1 N–H and O–H groups in total. The lowest BCUT2D eigenvalue weighted by atomic mass is 9.88. The zero-order valence-corrected chi connectivity index (χ0v) is 22.3. The van der Waals surface area contributed by atoms with Gasteiger partial charge in [-0.3, -0.25) is 0 Å². The molecule has 6 nitrogen and oxygen atoms in total. The number of hydrogen-bond acceptors (Lipinski definition) is 6. The number of anilines is 2. The van der Waals surface area contributed by atoms with E-state index in [0.717, 1.165) is 18.2 Å². The number of esters is 2. The summed E-state index contributed by atoms with van der Waals surface area (Å²) in [7, 11) is 0.983. The van der Waals surface area contributed by atoms with Crippen molar-refractivity contribution < 1.29 is 45.4 Å². The van der Waals surface area contributed by atoms with E-state index in [4.69, 9.17) is 9.47 Å². The number of hydrogen-bond donors (Lipinski definition) is 1. The van der Waals surface area contributed by atoms with Gasteiger partial charge in [-0.1, -0.05) is 6.92 Å². The summed E-state index contributed by atoms with van der Waals surface area (Å²) in [6.07, 6.45) is -10.6. The van der Waals surface area contributed by atoms with Crippen molar-refractivity contribution in [1.29, 1.82) is 0 Å². The molecule has 0 radical (unpaired) electrons. The minimum Gasteiger partial charge on any atom is -0.467 e. The maximum absolute atomic E-state index is 13.7. The van der Waals surface area contributed by atoms with E-state index in [9.17, 15) is 35.9 Å². The maximum atomic E-state index is 13.7. The second-order valence-corrected chi connectivity index (χ2v) is 9.86. The molecule has 1 aliphatic rings. The second-order valence-electron chi connectivity index (χ2n) is 9.86. The van der Waals surface area contributed by atoms with Crippen LogP contribution in [-0.4, -0.2) is 37.2 Å². The highest BCUT2D eigenvalue weighted by atomic mass is 19.4. The molecule has 214 valence electrons. The minimum absolute atomic E-state index is 0.00655. The fourth-order valence-electron chi connectivity index (χ4n) is 4.52. The molecule has 0 spiro atoms. The molecule has 3 rings (SSSR count). The number of alkyl halides is 6. The smallest absolute Gasteiger partial charge is 0.416 e. The van der Waals surface area contributed by atoms with E-state index in [0.29, 0.717) is 23.5 Å². The number of carbonyl (C=O) groups is 2. The van der Waals surface area contributed by atoms with E-state index in [-0.39, 0.29) is 19.0 Å². The van der Waals surface area contributed by atoms with Gasteiger partial charge in [-0.2, -0.15) is 26.3 Å². The Labute approximate surface area is 222 Å². The lowest BCUT2D eigenvalue weighted by Gasteiger charge is -2.46. The Morgan fingerprint density at radius 1 is 0.974 bits per heavy atom. The molecule has 0 amide bonds. The van der Waals surface area contributed by atoms with Gasteiger partial charge in [0.15, 0.2) is 11.6 Å². The van der Waals surface area contributed by atoms with Gasteiger partial charge in [-0.15, -0.1) is 0 Å². The highest BCUT2D eigenvalue weighted by molar-refractivity contribution is 5.93. The summed E-state index contributed by atoms with van der Waals surface area (Å²) in [5, 5.41) is 3.17. The molecule has 0 saturated heterocycles. The average molecular weight is 561 g/mol. The van der Waals surface area contributed by atoms with Gasteiger partial charge in [0.05, 0.1) is 42.3 Å². The predicted octanol–water partition coefficient (Wildman–Crippen LogP) is 6.59. The number of carbonyl (C=O) groups excluding carboxylic acids is 2. The third-order valence-corrected chi connectivity index (χ3v) is 6.73. The van der Waals surface area contributed by atoms with Gasteiger partial charge in [-0.05, 0) is 81.1 Å². The quantitative estimate of drug-likeness (QED) is 0.318. The highest BCUT2D eigenvalue weighted by Crippen LogP contribution is 2.45. The summed E-state index contributed by atoms with van der Waals surface area (Å²) in [5.41, 5.74) is -2.98. The van der Waals surface area contributed by atoms with Gasteiger partial charge in [0, 0.05) is 0 Å². The Balaban J connectivity index is 2.34. The fourth-order valence-corrected chi connectivity index (χ4v) is 4.52. The molecule has 2 atom stereocenters. The first-order chi connectivity index (χ1) is 17.9. The fraction of sp³-hybridized carbons (Fsp3) is 0.481. The summed E-state index contributed by atoms with van der Waals surface area (Å²) in [4.78, 5) is 27.8. The molecule has 0 saturated carbocycles. The molecule has 1 heterocycles. The van der Waals surface area contributed by atoms with E-state index < -0.39 is 58.7 Å². The molecule has 12 heteroatoms. The van der Waals surface area contributed by atoms with Crippen LogP contribution in [0.2, 0.25) is 0 Å². The van der Waals surface area contributed by atoms with Crippen LogP contribution in [0.1, 0.15) is 61.1 Å². The third kappa shape index (κ3) is 6.09. The van der Waals surface area contributed by atoms with Crippen molar-refractivity contribution in [3.05, 3.63) is 58.1 Å². The topological polar surface area (TPSA) is 67.9 Å². The first kappa shape index (κ1) is 30.1. The number of ether oxygens (including phenoxy) is 2. The summed E-state index contributed by atoms with van der Waals surface area (Å²) >= 11 is 0. The first-order valence-corrected chi connectivity index (χ1v) is 12.2. The van der Waals surface area contributed by atoms with Gasteiger partial charge in [0.25, 0.3) is 0 Å². The van der Waals surface area contributed by atoms with Crippen LogP contribution in [0.4, 0.5) is 37.7 Å². The molecular weight excluding hydrogens is 530 g/mol. The van der Waals surface area contributed by atoms with E-state index >= 15 is 0 Å². The second kappa shape index (κ2) is 10.6. The van der Waals surface area contributed by atoms with Crippen LogP contribution in [0, 0.1) is 13.8 Å². The Morgan fingerprint density at radius 2 is 1.51 bits per heavy atom. The summed E-state index contributed by atoms with van der Waals surface area (Å²) in [6, 6.07) is 2.59. The Kier molecular flexibility index (Phi) is 8.19. The van der Waals surface area contributed by atoms with Crippen LogP contribution >= 0.6 is 0 Å². The molecule has 2 aromatic carbocycles. The zero-order valence-electron chi connectivity index (χ0n) is 22.3. The number of halogens is 6. The van der Waals surface area contributed by atoms with Crippen LogP contribution in [0.5, 0.6) is 0 Å². The normalized spacial score (nSPS) is 18.3. The monoisotopic (exact) mass is 560 g/mol. The van der Waals surface area contributed by atoms with Gasteiger partial charge in [0.1, 0.15) is 0 Å². The highest BCUT2D eigenvalue weighted by Gasteiger charge is 2.48. The van der Waals surface area contributed by atoms with Gasteiger partial charge in [-0.25, -0.2) is 9.59 Å². The van der Waals surface area contributed by atoms with Crippen molar-refractivity contribution in [3.63, 3.8) is 0 Å². The number of methoxy groups -OCH3 is 1. The number of rotatable bonds is 6. The third-order valence-electron chi connectivity index (χ3n) is 6.73. The number of fused-ring (bicyclic) bond motifs is 1. The number of nitrogens with one attached hydrogen (secondary N) is 1. The van der Waals surface area contributed by atoms with Crippen LogP contribution < -0.4 is 10.2 Å². The van der Waals surface area contributed by atoms with Gasteiger partial charge in [0.2, 0.25) is 0 Å². The molecule has 2 aromatic rings. The molecular formula is C27H30F6N2O4. The van der Waals surface area contributed by atoms with Gasteiger partial charge < -0.3 is 19.7 Å². The van der Waals surface area contributed by atoms with E-state index in [1.54, 1.807) is 46.8 Å². The Morgan fingerprint density at radius 3 is 1.97 bits per heavy atom. The maximum Gasteiger partial charge on any atom is 0.416 e. The van der Waals surface area contributed by atoms with Crippen LogP contribution in [-0.2, 0) is 31.4 Å². The lowest BCUT2D eigenvalue weighted by Crippen LogP contribution is -2.59. The molecule has 0 aliphatic carbocycles. The largest absolute Gasteiger partial charge is 0.467 e. The summed E-state index contributed by atoms with van der Waals surface area (Å²) in [5.74, 6) is -1.78. The summed E-state index contributed by atoms with van der Waals surface area (Å²) in [6.45, 7) is 8.22. The lowest BCUT2D eigenvalue weighted by molar-refractivity contribution is -0.153. The molecule has 39 heavy (non-hydrogen) atoms. The number of aryl methyl sites for hydroxylation is 2. The van der Waals surface area contributed by atoms with Crippen LogP contribution in [0.25, 0.3) is 0 Å². The van der Waals surface area contributed by atoms with E-state index in [2.05, 4.69) is 5.32 Å². The molecule has 0 aromatic heterocycles. The van der Waals surface area contributed by atoms with Crippen molar-refractivity contribution in [2.75, 3.05) is 23.9 Å². The average Bonchev–Trinajstić information content (AvgIpc) is 2.83. The molecule has 1 aliphatic heterocycles. The number of benzene rings is 2. The van der Waals surface area contributed by atoms with Crippen LogP contribution in [0.15, 0.2) is 30.3 Å². The number of nitrogens with zero attached hydrogens (tertiary/aromatic N) is 1. The minimum atomic E-state index is -5.13. The molecule has 0 fully saturated rings. The van der Waals surface area contributed by atoms with Crippen molar-refractivity contribution in [2.24, 2.45) is 0 Å². The molecule has 0 bridgehead atoms. The first-order valence-electron chi connectivity index (χ1n) is 12.2. The van der Waals surface area contributed by atoms with Crippen molar-refractivity contribution in [2.45, 2.75) is 71.1 Å². The molecule has 0 unspecified atom stereocenters. The van der Waals surface area contributed by atoms with E-state index in [1.165, 1.54) is 4.90 Å². The van der Waals surface area contributed by atoms with E-state index in [1.807, 2.05) is 0 Å². The SMILES string of the molecule is CC[C@]1(C(=O)OC(C)C)CN([C@H](C(=O)OC)c2cc(C(F)(F)F)cc(C(F)(F)F)c2)c2cc(C)c(C)cc2N1. The van der Waals surface area contributed by atoms with Crippen molar-refractivity contribution in [1.82, 2.24) is 0 Å². The van der Waals surface area contributed by atoms with Crippen molar-refractivity contribution in [3.8, 4) is 0 Å². The van der Waals surface area contributed by atoms with Crippen LogP contribution in [0.3, 0.4) is 0 Å². The standard InChI is InChI=1S/C27H30F6N2O4/c1-7-25(24(37)39-14(2)3)13-35(21-9-16(5)15(4)8-20(21)34-25)22(23(36)38-6)17-10-18(26(28,29)30)12-19(11-17)27(31,32)33/h8-12,14,22,34H,7,13H2,1-6H3/t22-,25+/m0/s1.